The fourth-order valence-corrected chi connectivity index (χ4v) is 4.85. The van der Waals surface area contributed by atoms with Crippen molar-refractivity contribution in [1.82, 2.24) is 15.1 Å². The van der Waals surface area contributed by atoms with E-state index >= 15 is 0 Å². The molecular weight excluding hydrogens is 461 g/mol. The number of benzene rings is 2. The van der Waals surface area contributed by atoms with Gasteiger partial charge in [0.15, 0.2) is 6.04 Å². The number of amides is 4. The minimum atomic E-state index is -4.74. The van der Waals surface area contributed by atoms with Crippen molar-refractivity contribution < 1.29 is 27.6 Å². The highest BCUT2D eigenvalue weighted by atomic mass is 19.4. The predicted octanol–water partition coefficient (Wildman–Crippen LogP) is 3.61. The second-order valence-corrected chi connectivity index (χ2v) is 9.56. The Morgan fingerprint density at radius 2 is 1.83 bits per heavy atom. The van der Waals surface area contributed by atoms with Gasteiger partial charge in [-0.15, -0.1) is 0 Å². The van der Waals surface area contributed by atoms with E-state index in [1.807, 2.05) is 17.4 Å². The molecule has 0 aromatic heterocycles. The minimum absolute atomic E-state index is 0.0720. The van der Waals surface area contributed by atoms with E-state index in [2.05, 4.69) is 31.3 Å². The van der Waals surface area contributed by atoms with Crippen LogP contribution in [0.4, 0.5) is 23.7 Å². The van der Waals surface area contributed by atoms with Crippen molar-refractivity contribution in [2.75, 3.05) is 25.5 Å². The topological polar surface area (TPSA) is 81.8 Å². The number of anilines is 1. The van der Waals surface area contributed by atoms with Gasteiger partial charge in [0, 0.05) is 24.2 Å². The third kappa shape index (κ3) is 4.82. The second kappa shape index (κ2) is 8.90. The van der Waals surface area contributed by atoms with Gasteiger partial charge >= 0.3 is 12.2 Å². The predicted molar refractivity (Wildman–Crippen MR) is 124 cm³/mol. The number of imide groups is 1. The van der Waals surface area contributed by atoms with Crippen molar-refractivity contribution in [2.45, 2.75) is 43.9 Å². The molecule has 186 valence electrons. The van der Waals surface area contributed by atoms with Crippen LogP contribution in [-0.4, -0.2) is 60.0 Å². The van der Waals surface area contributed by atoms with Crippen LogP contribution in [-0.2, 0) is 21.4 Å². The first-order valence-electron chi connectivity index (χ1n) is 11.2. The van der Waals surface area contributed by atoms with E-state index in [0.717, 1.165) is 18.4 Å². The molecular formula is C25H27F3N4O3. The zero-order valence-electron chi connectivity index (χ0n) is 19.6. The number of alkyl halides is 3. The van der Waals surface area contributed by atoms with Gasteiger partial charge in [0.05, 0.1) is 0 Å². The Bertz CT molecular complexity index is 1150. The van der Waals surface area contributed by atoms with Crippen molar-refractivity contribution in [3.05, 3.63) is 65.2 Å². The summed E-state index contributed by atoms with van der Waals surface area (Å²) in [5.74, 6) is -1.53. The lowest BCUT2D eigenvalue weighted by Gasteiger charge is -2.32. The van der Waals surface area contributed by atoms with Crippen LogP contribution in [0.15, 0.2) is 48.5 Å². The number of carbonyl (C=O) groups is 3. The monoisotopic (exact) mass is 488 g/mol. The maximum atomic E-state index is 14.0. The highest BCUT2D eigenvalue weighted by Gasteiger charge is 2.46. The van der Waals surface area contributed by atoms with E-state index in [1.54, 1.807) is 12.1 Å². The number of rotatable bonds is 6. The van der Waals surface area contributed by atoms with E-state index in [-0.39, 0.29) is 23.6 Å². The molecule has 0 bridgehead atoms. The van der Waals surface area contributed by atoms with E-state index < -0.39 is 36.6 Å². The molecule has 35 heavy (non-hydrogen) atoms. The van der Waals surface area contributed by atoms with Crippen LogP contribution < -0.4 is 10.6 Å². The SMILES string of the molecule is CN(C(=O)CN1CC(=O)NC1=O)[C@@H](c1ccc(NC2Cc3ccccc3C2(C)C)cc1)C(F)(F)F. The molecule has 2 N–H and O–H groups in total. The lowest BCUT2D eigenvalue weighted by atomic mass is 9.83. The number of nitrogens with one attached hydrogen (secondary N) is 2. The Labute approximate surface area is 201 Å². The summed E-state index contributed by atoms with van der Waals surface area (Å²) in [5, 5.41) is 5.45. The molecule has 1 unspecified atom stereocenters. The minimum Gasteiger partial charge on any atom is -0.381 e. The Kier molecular flexibility index (Phi) is 6.25. The Hall–Kier alpha value is -3.56. The summed E-state index contributed by atoms with van der Waals surface area (Å²) >= 11 is 0. The molecule has 1 aliphatic carbocycles. The van der Waals surface area contributed by atoms with Gasteiger partial charge in [-0.1, -0.05) is 50.2 Å². The fraction of sp³-hybridized carbons (Fsp3) is 0.400. The number of hydrogen-bond acceptors (Lipinski definition) is 4. The standard InChI is InChI=1S/C25H27F3N4O3/c1-24(2)18-7-5-4-6-16(18)12-19(24)29-17-10-8-15(9-11-17)22(25(26,27)28)31(3)21(34)14-32-13-20(33)30-23(32)35/h4-11,19,22,29H,12-14H2,1-3H3,(H,30,33,35)/t19?,22-/m0/s1. The van der Waals surface area contributed by atoms with Gasteiger partial charge in [0.25, 0.3) is 0 Å². The molecule has 0 radical (unpaired) electrons. The molecule has 2 aromatic carbocycles. The van der Waals surface area contributed by atoms with E-state index in [0.29, 0.717) is 10.6 Å². The van der Waals surface area contributed by atoms with Gasteiger partial charge in [-0.05, 0) is 35.2 Å². The van der Waals surface area contributed by atoms with Gasteiger partial charge < -0.3 is 15.1 Å². The molecule has 1 heterocycles. The van der Waals surface area contributed by atoms with E-state index in [4.69, 9.17) is 0 Å². The molecule has 0 saturated carbocycles. The first-order chi connectivity index (χ1) is 16.4. The van der Waals surface area contributed by atoms with Gasteiger partial charge in [-0.25, -0.2) is 4.79 Å². The number of hydrogen-bond donors (Lipinski definition) is 2. The lowest BCUT2D eigenvalue weighted by Crippen LogP contribution is -2.45. The van der Waals surface area contributed by atoms with Crippen LogP contribution in [0.25, 0.3) is 0 Å². The molecule has 0 spiro atoms. The summed E-state index contributed by atoms with van der Waals surface area (Å²) in [5.41, 5.74) is 2.92. The van der Waals surface area contributed by atoms with Crippen molar-refractivity contribution in [1.29, 1.82) is 0 Å². The molecule has 1 saturated heterocycles. The third-order valence-corrected chi connectivity index (χ3v) is 6.86. The smallest absolute Gasteiger partial charge is 0.381 e. The van der Waals surface area contributed by atoms with Crippen LogP contribution in [0.5, 0.6) is 0 Å². The highest BCUT2D eigenvalue weighted by molar-refractivity contribution is 6.03. The molecule has 10 heteroatoms. The first-order valence-corrected chi connectivity index (χ1v) is 11.2. The van der Waals surface area contributed by atoms with Crippen LogP contribution in [0.2, 0.25) is 0 Å². The number of likely N-dealkylation sites (N-methyl/N-ethyl adjacent to an activating group) is 1. The van der Waals surface area contributed by atoms with Gasteiger partial charge in [0.1, 0.15) is 13.1 Å². The normalized spacial score (nSPS) is 19.8. The van der Waals surface area contributed by atoms with Crippen molar-refractivity contribution in [3.8, 4) is 0 Å². The van der Waals surface area contributed by atoms with Gasteiger partial charge in [0.2, 0.25) is 11.8 Å². The quantitative estimate of drug-likeness (QED) is 0.609. The summed E-state index contributed by atoms with van der Waals surface area (Å²) in [6, 6.07) is 11.1. The average molecular weight is 489 g/mol. The molecule has 2 aliphatic rings. The second-order valence-electron chi connectivity index (χ2n) is 9.56. The molecule has 1 aliphatic heterocycles. The zero-order valence-corrected chi connectivity index (χ0v) is 19.6. The maximum absolute atomic E-state index is 14.0. The van der Waals surface area contributed by atoms with Gasteiger partial charge in [-0.3, -0.25) is 14.9 Å². The first kappa shape index (κ1) is 24.6. The van der Waals surface area contributed by atoms with Gasteiger partial charge in [-0.2, -0.15) is 13.2 Å². The summed E-state index contributed by atoms with van der Waals surface area (Å²) in [6.45, 7) is 3.28. The largest absolute Gasteiger partial charge is 0.413 e. The van der Waals surface area contributed by atoms with E-state index in [1.165, 1.54) is 23.3 Å². The van der Waals surface area contributed by atoms with Crippen LogP contribution in [0.3, 0.4) is 0 Å². The molecule has 2 aromatic rings. The van der Waals surface area contributed by atoms with E-state index in [9.17, 15) is 27.6 Å². The number of nitrogens with zero attached hydrogens (tertiary/aromatic N) is 2. The Morgan fingerprint density at radius 1 is 1.17 bits per heavy atom. The average Bonchev–Trinajstić information content (AvgIpc) is 3.22. The molecule has 1 fully saturated rings. The van der Waals surface area contributed by atoms with Crippen molar-refractivity contribution in [2.24, 2.45) is 0 Å². The summed E-state index contributed by atoms with van der Waals surface area (Å²) in [4.78, 5) is 37.0. The Morgan fingerprint density at radius 3 is 2.40 bits per heavy atom. The Balaban J connectivity index is 1.49. The van der Waals surface area contributed by atoms with Crippen molar-refractivity contribution >= 4 is 23.5 Å². The zero-order chi connectivity index (χ0) is 25.5. The van der Waals surface area contributed by atoms with Crippen molar-refractivity contribution in [3.63, 3.8) is 0 Å². The fourth-order valence-electron chi connectivity index (χ4n) is 4.85. The molecule has 7 nitrogen and oxygen atoms in total. The van der Waals surface area contributed by atoms with Crippen LogP contribution >= 0.6 is 0 Å². The summed E-state index contributed by atoms with van der Waals surface area (Å²) < 4.78 is 42.0. The van der Waals surface area contributed by atoms with Crippen LogP contribution in [0, 0.1) is 0 Å². The molecule has 4 amide bonds. The molecule has 4 rings (SSSR count). The third-order valence-electron chi connectivity index (χ3n) is 6.86. The highest BCUT2D eigenvalue weighted by Crippen LogP contribution is 2.41. The molecule has 2 atom stereocenters. The number of halogens is 3. The van der Waals surface area contributed by atoms with Crippen LogP contribution in [0.1, 0.15) is 36.6 Å². The number of carbonyl (C=O) groups excluding carboxylic acids is 3. The summed E-state index contributed by atoms with van der Waals surface area (Å²) in [7, 11) is 1.04. The lowest BCUT2D eigenvalue weighted by molar-refractivity contribution is -0.189. The number of urea groups is 1. The summed E-state index contributed by atoms with van der Waals surface area (Å²) in [6.07, 6.45) is -3.93. The number of fused-ring (bicyclic) bond motifs is 1. The maximum Gasteiger partial charge on any atom is 0.413 e.